The second-order valence-electron chi connectivity index (χ2n) is 4.86. The van der Waals surface area contributed by atoms with Crippen LogP contribution in [0.3, 0.4) is 0 Å². The molecular formula is C15H15Cl2NO4. The quantitative estimate of drug-likeness (QED) is 0.840. The summed E-state index contributed by atoms with van der Waals surface area (Å²) in [6.45, 7) is 2.35. The first-order chi connectivity index (χ1) is 10.4. The molecule has 0 saturated carbocycles. The zero-order valence-corrected chi connectivity index (χ0v) is 13.7. The van der Waals surface area contributed by atoms with Gasteiger partial charge in [0.05, 0.1) is 22.0 Å². The molecule has 0 aliphatic heterocycles. The number of unbranched alkanes of at least 4 members (excludes halogenated alkanes) is 1. The number of ether oxygens (including phenoxy) is 1. The van der Waals surface area contributed by atoms with Crippen molar-refractivity contribution < 1.29 is 14.6 Å². The van der Waals surface area contributed by atoms with E-state index in [9.17, 15) is 14.7 Å². The number of benzene rings is 1. The van der Waals surface area contributed by atoms with Gasteiger partial charge in [0.1, 0.15) is 0 Å². The van der Waals surface area contributed by atoms with Gasteiger partial charge in [-0.25, -0.2) is 4.79 Å². The summed E-state index contributed by atoms with van der Waals surface area (Å²) in [4.78, 5) is 23.9. The predicted molar refractivity (Wildman–Crippen MR) is 86.6 cm³/mol. The number of aromatic carboxylic acids is 1. The van der Waals surface area contributed by atoms with E-state index < -0.39 is 11.5 Å². The molecule has 22 heavy (non-hydrogen) atoms. The fourth-order valence-electron chi connectivity index (χ4n) is 2.18. The molecule has 1 N–H and O–H groups in total. The summed E-state index contributed by atoms with van der Waals surface area (Å²) in [6.07, 6.45) is 1.67. The maximum Gasteiger partial charge on any atom is 0.356 e. The Kier molecular flexibility index (Phi) is 4.98. The minimum Gasteiger partial charge on any atom is -0.490 e. The Hall–Kier alpha value is -1.72. The van der Waals surface area contributed by atoms with Gasteiger partial charge in [0.2, 0.25) is 0 Å². The number of carboxylic acids is 1. The van der Waals surface area contributed by atoms with Gasteiger partial charge in [-0.1, -0.05) is 36.5 Å². The zero-order valence-electron chi connectivity index (χ0n) is 12.2. The Morgan fingerprint density at radius 3 is 2.41 bits per heavy atom. The van der Waals surface area contributed by atoms with Crippen LogP contribution in [0.2, 0.25) is 10.0 Å². The highest BCUT2D eigenvalue weighted by Crippen LogP contribution is 2.33. The molecule has 0 fully saturated rings. The van der Waals surface area contributed by atoms with Gasteiger partial charge < -0.3 is 14.4 Å². The minimum absolute atomic E-state index is 0.136. The van der Waals surface area contributed by atoms with E-state index in [0.717, 1.165) is 17.4 Å². The smallest absolute Gasteiger partial charge is 0.356 e. The highest BCUT2D eigenvalue weighted by Gasteiger charge is 2.22. The van der Waals surface area contributed by atoms with Crippen molar-refractivity contribution in [2.45, 2.75) is 19.8 Å². The SMILES string of the molecule is CCCCOc1c(C(=O)O)n(C)c(=O)c2cc(Cl)c(Cl)cc12. The van der Waals surface area contributed by atoms with Crippen molar-refractivity contribution >= 4 is 39.9 Å². The minimum atomic E-state index is -1.24. The van der Waals surface area contributed by atoms with E-state index in [-0.39, 0.29) is 26.9 Å². The van der Waals surface area contributed by atoms with Crippen LogP contribution in [0.25, 0.3) is 10.8 Å². The van der Waals surface area contributed by atoms with Gasteiger partial charge in [-0.3, -0.25) is 4.79 Å². The number of aromatic nitrogens is 1. The van der Waals surface area contributed by atoms with E-state index in [1.807, 2.05) is 6.92 Å². The van der Waals surface area contributed by atoms with E-state index in [1.165, 1.54) is 19.2 Å². The fourth-order valence-corrected chi connectivity index (χ4v) is 2.51. The topological polar surface area (TPSA) is 68.5 Å². The number of pyridine rings is 1. The first-order valence-electron chi connectivity index (χ1n) is 6.76. The second kappa shape index (κ2) is 6.58. The summed E-state index contributed by atoms with van der Waals surface area (Å²) in [5.74, 6) is -1.10. The van der Waals surface area contributed by atoms with Gasteiger partial charge in [-0.05, 0) is 18.6 Å². The molecule has 0 atom stereocenters. The number of fused-ring (bicyclic) bond motifs is 1. The monoisotopic (exact) mass is 343 g/mol. The molecule has 0 saturated heterocycles. The molecule has 0 radical (unpaired) electrons. The van der Waals surface area contributed by atoms with Crippen molar-refractivity contribution in [2.75, 3.05) is 6.61 Å². The third-order valence-corrected chi connectivity index (χ3v) is 4.06. The van der Waals surface area contributed by atoms with Crippen LogP contribution in [0, 0.1) is 0 Å². The van der Waals surface area contributed by atoms with E-state index in [0.29, 0.717) is 12.0 Å². The maximum absolute atomic E-state index is 12.3. The van der Waals surface area contributed by atoms with Gasteiger partial charge in [-0.15, -0.1) is 0 Å². The largest absolute Gasteiger partial charge is 0.490 e. The van der Waals surface area contributed by atoms with Crippen molar-refractivity contribution in [3.8, 4) is 5.75 Å². The van der Waals surface area contributed by atoms with E-state index in [4.69, 9.17) is 27.9 Å². The van der Waals surface area contributed by atoms with Crippen molar-refractivity contribution in [1.82, 2.24) is 4.57 Å². The molecule has 0 unspecified atom stereocenters. The molecule has 0 bridgehead atoms. The number of hydrogen-bond donors (Lipinski definition) is 1. The highest BCUT2D eigenvalue weighted by atomic mass is 35.5. The van der Waals surface area contributed by atoms with Crippen LogP contribution in [-0.2, 0) is 7.05 Å². The van der Waals surface area contributed by atoms with Gasteiger partial charge in [-0.2, -0.15) is 0 Å². The lowest BCUT2D eigenvalue weighted by Gasteiger charge is -2.15. The Bertz CT molecular complexity index is 798. The number of halogens is 2. The van der Waals surface area contributed by atoms with Crippen LogP contribution in [-0.4, -0.2) is 22.2 Å². The van der Waals surface area contributed by atoms with Crippen molar-refractivity contribution in [3.63, 3.8) is 0 Å². The van der Waals surface area contributed by atoms with Crippen molar-refractivity contribution in [3.05, 3.63) is 38.2 Å². The molecular weight excluding hydrogens is 329 g/mol. The van der Waals surface area contributed by atoms with Gasteiger partial charge in [0.25, 0.3) is 5.56 Å². The molecule has 1 heterocycles. The van der Waals surface area contributed by atoms with Crippen LogP contribution in [0.4, 0.5) is 0 Å². The van der Waals surface area contributed by atoms with E-state index >= 15 is 0 Å². The summed E-state index contributed by atoms with van der Waals surface area (Å²) >= 11 is 12.0. The molecule has 2 rings (SSSR count). The van der Waals surface area contributed by atoms with Crippen molar-refractivity contribution in [1.29, 1.82) is 0 Å². The maximum atomic E-state index is 12.3. The fraction of sp³-hybridized carbons (Fsp3) is 0.333. The third-order valence-electron chi connectivity index (χ3n) is 3.34. The summed E-state index contributed by atoms with van der Waals surface area (Å²) in [5.41, 5.74) is -0.666. The van der Waals surface area contributed by atoms with Crippen LogP contribution >= 0.6 is 23.2 Å². The number of carboxylic acid groups (broad SMARTS) is 1. The summed E-state index contributed by atoms with van der Waals surface area (Å²) in [7, 11) is 1.39. The van der Waals surface area contributed by atoms with Gasteiger partial charge in [0, 0.05) is 12.4 Å². The number of hydrogen-bond acceptors (Lipinski definition) is 3. The molecule has 1 aromatic heterocycles. The average Bonchev–Trinajstić information content (AvgIpc) is 2.46. The Balaban J connectivity index is 2.83. The Labute approximate surface area is 137 Å². The normalized spacial score (nSPS) is 10.9. The predicted octanol–water partition coefficient (Wildman–Crippen LogP) is 3.72. The van der Waals surface area contributed by atoms with E-state index in [2.05, 4.69) is 0 Å². The second-order valence-corrected chi connectivity index (χ2v) is 5.68. The lowest BCUT2D eigenvalue weighted by molar-refractivity contribution is 0.0680. The molecule has 2 aromatic rings. The molecule has 0 spiro atoms. The number of carbonyl (C=O) groups is 1. The first kappa shape index (κ1) is 16.6. The van der Waals surface area contributed by atoms with Crippen LogP contribution in [0.15, 0.2) is 16.9 Å². The lowest BCUT2D eigenvalue weighted by atomic mass is 10.1. The zero-order chi connectivity index (χ0) is 16.4. The lowest BCUT2D eigenvalue weighted by Crippen LogP contribution is -2.25. The van der Waals surface area contributed by atoms with Crippen molar-refractivity contribution in [2.24, 2.45) is 7.05 Å². The van der Waals surface area contributed by atoms with Crippen LogP contribution in [0.1, 0.15) is 30.3 Å². The summed E-state index contributed by atoms with van der Waals surface area (Å²) < 4.78 is 6.69. The van der Waals surface area contributed by atoms with E-state index in [1.54, 1.807) is 0 Å². The molecule has 118 valence electrons. The summed E-state index contributed by atoms with van der Waals surface area (Å²) in [6, 6.07) is 2.90. The van der Waals surface area contributed by atoms with Crippen LogP contribution in [0.5, 0.6) is 5.75 Å². The molecule has 0 amide bonds. The molecule has 5 nitrogen and oxygen atoms in total. The Morgan fingerprint density at radius 2 is 1.86 bits per heavy atom. The van der Waals surface area contributed by atoms with Gasteiger partial charge >= 0.3 is 5.97 Å². The molecule has 0 aliphatic carbocycles. The standard InChI is InChI=1S/C15H15Cl2NO4/c1-3-4-5-22-13-8-6-10(16)11(17)7-9(8)14(19)18(2)12(13)15(20)21/h6-7H,3-5H2,1-2H3,(H,20,21). The first-order valence-corrected chi connectivity index (χ1v) is 7.51. The molecule has 1 aromatic carbocycles. The number of nitrogens with zero attached hydrogens (tertiary/aromatic N) is 1. The third kappa shape index (κ3) is 2.91. The summed E-state index contributed by atoms with van der Waals surface area (Å²) in [5, 5.41) is 10.5. The highest BCUT2D eigenvalue weighted by molar-refractivity contribution is 6.42. The van der Waals surface area contributed by atoms with Crippen LogP contribution < -0.4 is 10.3 Å². The molecule has 0 aliphatic rings. The molecule has 7 heteroatoms. The number of rotatable bonds is 5. The Morgan fingerprint density at radius 1 is 1.27 bits per heavy atom. The van der Waals surface area contributed by atoms with Gasteiger partial charge in [0.15, 0.2) is 11.4 Å². The average molecular weight is 344 g/mol.